The van der Waals surface area contributed by atoms with Crippen molar-refractivity contribution in [3.63, 3.8) is 0 Å². The SMILES string of the molecule is Cn1c(=O)ccn(Cc2ncc(-c3cccc(O)c3)o2)c1=O. The van der Waals surface area contributed by atoms with Crippen LogP contribution < -0.4 is 11.2 Å². The van der Waals surface area contributed by atoms with E-state index in [1.165, 1.54) is 30.1 Å². The average Bonchev–Trinajstić information content (AvgIpc) is 2.97. The summed E-state index contributed by atoms with van der Waals surface area (Å²) in [6.07, 6.45) is 2.93. The molecule has 7 heteroatoms. The van der Waals surface area contributed by atoms with E-state index in [-0.39, 0.29) is 17.9 Å². The van der Waals surface area contributed by atoms with E-state index in [4.69, 9.17) is 4.42 Å². The molecule has 3 rings (SSSR count). The Morgan fingerprint density at radius 1 is 1.27 bits per heavy atom. The van der Waals surface area contributed by atoms with Crippen LogP contribution in [0.3, 0.4) is 0 Å². The van der Waals surface area contributed by atoms with Gasteiger partial charge in [-0.2, -0.15) is 0 Å². The van der Waals surface area contributed by atoms with Gasteiger partial charge in [-0.1, -0.05) is 12.1 Å². The molecule has 0 radical (unpaired) electrons. The third-order valence-corrected chi connectivity index (χ3v) is 3.25. The van der Waals surface area contributed by atoms with Gasteiger partial charge in [0.05, 0.1) is 6.20 Å². The average molecular weight is 299 g/mol. The van der Waals surface area contributed by atoms with Crippen molar-refractivity contribution in [2.24, 2.45) is 7.05 Å². The molecule has 22 heavy (non-hydrogen) atoms. The molecule has 0 amide bonds. The minimum atomic E-state index is -0.440. The number of aromatic nitrogens is 3. The van der Waals surface area contributed by atoms with Crippen molar-refractivity contribution in [3.8, 4) is 17.1 Å². The van der Waals surface area contributed by atoms with E-state index in [9.17, 15) is 14.7 Å². The third kappa shape index (κ3) is 2.56. The van der Waals surface area contributed by atoms with Gasteiger partial charge in [-0.25, -0.2) is 9.78 Å². The number of nitrogens with zero attached hydrogens (tertiary/aromatic N) is 3. The molecule has 0 aliphatic rings. The normalized spacial score (nSPS) is 10.8. The number of oxazole rings is 1. The Balaban J connectivity index is 1.91. The van der Waals surface area contributed by atoms with Gasteiger partial charge in [0.2, 0.25) is 5.89 Å². The molecule has 3 aromatic rings. The Labute approximate surface area is 124 Å². The molecule has 0 fully saturated rings. The predicted octanol–water partition coefficient (Wildman–Crippen LogP) is 0.956. The molecule has 2 aromatic heterocycles. The summed E-state index contributed by atoms with van der Waals surface area (Å²) in [5.41, 5.74) is -0.120. The van der Waals surface area contributed by atoms with Crippen LogP contribution in [0.1, 0.15) is 5.89 Å². The first-order chi connectivity index (χ1) is 10.5. The maximum absolute atomic E-state index is 11.9. The standard InChI is InChI=1S/C15H13N3O4/c1-17-14(20)5-6-18(15(17)21)9-13-16-8-12(22-13)10-3-2-4-11(19)7-10/h2-8,19H,9H2,1H3. The number of hydrogen-bond donors (Lipinski definition) is 1. The molecule has 0 aliphatic carbocycles. The molecule has 0 saturated carbocycles. The van der Waals surface area contributed by atoms with Crippen LogP contribution in [0.2, 0.25) is 0 Å². The molecule has 0 saturated heterocycles. The number of benzene rings is 1. The first-order valence-corrected chi connectivity index (χ1v) is 6.55. The highest BCUT2D eigenvalue weighted by molar-refractivity contribution is 5.58. The highest BCUT2D eigenvalue weighted by atomic mass is 16.4. The number of rotatable bonds is 3. The van der Waals surface area contributed by atoms with E-state index >= 15 is 0 Å². The molecule has 2 heterocycles. The number of phenols is 1. The van der Waals surface area contributed by atoms with Crippen LogP contribution in [0.15, 0.2) is 56.7 Å². The van der Waals surface area contributed by atoms with Crippen LogP contribution in [-0.2, 0) is 13.6 Å². The Kier molecular flexibility index (Phi) is 3.38. The second kappa shape index (κ2) is 5.36. The lowest BCUT2D eigenvalue weighted by Gasteiger charge is -2.03. The van der Waals surface area contributed by atoms with Crippen molar-refractivity contribution >= 4 is 0 Å². The van der Waals surface area contributed by atoms with Gasteiger partial charge < -0.3 is 9.52 Å². The first kappa shape index (κ1) is 13.9. The Morgan fingerprint density at radius 2 is 2.09 bits per heavy atom. The van der Waals surface area contributed by atoms with Crippen LogP contribution in [0.4, 0.5) is 0 Å². The van der Waals surface area contributed by atoms with E-state index in [1.807, 2.05) is 0 Å². The smallest absolute Gasteiger partial charge is 0.331 e. The van der Waals surface area contributed by atoms with Crippen molar-refractivity contribution in [3.05, 3.63) is 69.5 Å². The zero-order chi connectivity index (χ0) is 15.7. The maximum Gasteiger partial charge on any atom is 0.331 e. The topological polar surface area (TPSA) is 90.3 Å². The predicted molar refractivity (Wildman–Crippen MR) is 78.6 cm³/mol. The van der Waals surface area contributed by atoms with Gasteiger partial charge in [-0.15, -0.1) is 0 Å². The van der Waals surface area contributed by atoms with Crippen LogP contribution in [0.25, 0.3) is 11.3 Å². The molecular formula is C15H13N3O4. The molecular weight excluding hydrogens is 286 g/mol. The number of phenolic OH excluding ortho intramolecular Hbond substituents is 1. The molecule has 0 spiro atoms. The molecule has 1 N–H and O–H groups in total. The summed E-state index contributed by atoms with van der Waals surface area (Å²) in [4.78, 5) is 27.4. The van der Waals surface area contributed by atoms with E-state index in [1.54, 1.807) is 24.3 Å². The molecule has 1 aromatic carbocycles. The zero-order valence-corrected chi connectivity index (χ0v) is 11.8. The van der Waals surface area contributed by atoms with Gasteiger partial charge in [0, 0.05) is 24.9 Å². The van der Waals surface area contributed by atoms with Crippen molar-refractivity contribution < 1.29 is 9.52 Å². The van der Waals surface area contributed by atoms with E-state index < -0.39 is 5.69 Å². The Morgan fingerprint density at radius 3 is 2.86 bits per heavy atom. The fourth-order valence-corrected chi connectivity index (χ4v) is 2.06. The summed E-state index contributed by atoms with van der Waals surface area (Å²) in [6.45, 7) is 0.117. The lowest BCUT2D eigenvalue weighted by atomic mass is 10.2. The monoisotopic (exact) mass is 299 g/mol. The fourth-order valence-electron chi connectivity index (χ4n) is 2.06. The minimum Gasteiger partial charge on any atom is -0.508 e. The molecule has 0 bridgehead atoms. The fraction of sp³-hybridized carbons (Fsp3) is 0.133. The van der Waals surface area contributed by atoms with Crippen molar-refractivity contribution in [2.75, 3.05) is 0 Å². The third-order valence-electron chi connectivity index (χ3n) is 3.25. The summed E-state index contributed by atoms with van der Waals surface area (Å²) in [5.74, 6) is 0.951. The number of hydrogen-bond acceptors (Lipinski definition) is 5. The molecule has 0 unspecified atom stereocenters. The van der Waals surface area contributed by atoms with E-state index in [2.05, 4.69) is 4.98 Å². The number of aromatic hydroxyl groups is 1. The highest BCUT2D eigenvalue weighted by Gasteiger charge is 2.09. The largest absolute Gasteiger partial charge is 0.508 e. The quantitative estimate of drug-likeness (QED) is 0.778. The van der Waals surface area contributed by atoms with Crippen LogP contribution in [0, 0.1) is 0 Å². The van der Waals surface area contributed by atoms with E-state index in [0.717, 1.165) is 4.57 Å². The summed E-state index contributed by atoms with van der Waals surface area (Å²) < 4.78 is 7.93. The summed E-state index contributed by atoms with van der Waals surface area (Å²) in [6, 6.07) is 7.90. The van der Waals surface area contributed by atoms with Crippen LogP contribution >= 0.6 is 0 Å². The molecule has 0 aliphatic heterocycles. The van der Waals surface area contributed by atoms with Gasteiger partial charge in [-0.3, -0.25) is 13.9 Å². The second-order valence-corrected chi connectivity index (χ2v) is 4.79. The minimum absolute atomic E-state index is 0.117. The van der Waals surface area contributed by atoms with E-state index in [0.29, 0.717) is 17.2 Å². The Bertz CT molecular complexity index is 936. The first-order valence-electron chi connectivity index (χ1n) is 6.55. The van der Waals surface area contributed by atoms with Crippen molar-refractivity contribution in [2.45, 2.75) is 6.54 Å². The maximum atomic E-state index is 11.9. The summed E-state index contributed by atoms with van der Waals surface area (Å²) in [5, 5.41) is 9.47. The van der Waals surface area contributed by atoms with Gasteiger partial charge in [0.25, 0.3) is 5.56 Å². The van der Waals surface area contributed by atoms with Gasteiger partial charge in [-0.05, 0) is 12.1 Å². The van der Waals surface area contributed by atoms with Crippen LogP contribution in [-0.4, -0.2) is 19.2 Å². The van der Waals surface area contributed by atoms with Crippen molar-refractivity contribution in [1.82, 2.24) is 14.1 Å². The highest BCUT2D eigenvalue weighted by Crippen LogP contribution is 2.23. The summed E-state index contributed by atoms with van der Waals surface area (Å²) >= 11 is 0. The zero-order valence-electron chi connectivity index (χ0n) is 11.8. The Hall–Kier alpha value is -3.09. The second-order valence-electron chi connectivity index (χ2n) is 4.79. The van der Waals surface area contributed by atoms with Crippen molar-refractivity contribution in [1.29, 1.82) is 0 Å². The summed E-state index contributed by atoms with van der Waals surface area (Å²) in [7, 11) is 1.41. The van der Waals surface area contributed by atoms with Gasteiger partial charge in [0.15, 0.2) is 5.76 Å². The molecule has 0 atom stereocenters. The molecule has 7 nitrogen and oxygen atoms in total. The van der Waals surface area contributed by atoms with Gasteiger partial charge >= 0.3 is 5.69 Å². The van der Waals surface area contributed by atoms with Gasteiger partial charge in [0.1, 0.15) is 12.3 Å². The van der Waals surface area contributed by atoms with Crippen LogP contribution in [0.5, 0.6) is 5.75 Å². The lowest BCUT2D eigenvalue weighted by Crippen LogP contribution is -2.37. The lowest BCUT2D eigenvalue weighted by molar-refractivity contribution is 0.470. The molecule has 112 valence electrons.